The molecule has 0 amide bonds. The summed E-state index contributed by atoms with van der Waals surface area (Å²) in [5.41, 5.74) is 0.327. The molecule has 0 bridgehead atoms. The second kappa shape index (κ2) is 5.80. The Morgan fingerprint density at radius 2 is 1.82 bits per heavy atom. The quantitative estimate of drug-likeness (QED) is 0.590. The highest BCUT2D eigenvalue weighted by molar-refractivity contribution is 5.75. The molecule has 0 N–H and O–H groups in total. The minimum atomic E-state index is -0.418. The first-order valence-electron chi connectivity index (χ1n) is 6.20. The van der Waals surface area contributed by atoms with E-state index in [0.717, 1.165) is 12.8 Å². The van der Waals surface area contributed by atoms with Crippen LogP contribution in [0.25, 0.3) is 0 Å². The van der Waals surface area contributed by atoms with E-state index < -0.39 is 5.82 Å². The van der Waals surface area contributed by atoms with Crippen molar-refractivity contribution in [1.82, 2.24) is 0 Å². The van der Waals surface area contributed by atoms with Gasteiger partial charge in [-0.1, -0.05) is 12.8 Å². The number of halogens is 1. The third-order valence-electron chi connectivity index (χ3n) is 3.13. The maximum absolute atomic E-state index is 13.2. The fourth-order valence-corrected chi connectivity index (χ4v) is 2.27. The molecule has 92 valence electrons. The van der Waals surface area contributed by atoms with Crippen LogP contribution < -0.4 is 4.74 Å². The number of rotatable bonds is 3. The Labute approximate surface area is 101 Å². The van der Waals surface area contributed by atoms with Crippen molar-refractivity contribution in [3.63, 3.8) is 0 Å². The van der Waals surface area contributed by atoms with E-state index in [0.29, 0.717) is 17.6 Å². The molecular formula is C14H17FO2. The maximum atomic E-state index is 13.2. The molecule has 0 aromatic heterocycles. The Bertz CT molecular complexity index is 382. The zero-order chi connectivity index (χ0) is 12.1. The van der Waals surface area contributed by atoms with Crippen LogP contribution in [0.4, 0.5) is 4.39 Å². The highest BCUT2D eigenvalue weighted by atomic mass is 19.1. The summed E-state index contributed by atoms with van der Waals surface area (Å²) in [4.78, 5) is 10.6. The van der Waals surface area contributed by atoms with E-state index in [1.54, 1.807) is 6.07 Å². The van der Waals surface area contributed by atoms with Gasteiger partial charge in [-0.3, -0.25) is 4.79 Å². The molecule has 1 aromatic carbocycles. The van der Waals surface area contributed by atoms with Gasteiger partial charge in [-0.2, -0.15) is 0 Å². The molecule has 0 radical (unpaired) electrons. The first kappa shape index (κ1) is 12.1. The van der Waals surface area contributed by atoms with Crippen LogP contribution in [0.1, 0.15) is 48.9 Å². The minimum absolute atomic E-state index is 0.166. The van der Waals surface area contributed by atoms with Crippen molar-refractivity contribution in [2.24, 2.45) is 0 Å². The SMILES string of the molecule is O=Cc1cc(F)cc(OC2CCCCCC2)c1. The zero-order valence-corrected chi connectivity index (χ0v) is 9.82. The number of carbonyl (C=O) groups excluding carboxylic acids is 1. The molecule has 0 heterocycles. The predicted octanol–water partition coefficient (Wildman–Crippen LogP) is 3.74. The summed E-state index contributed by atoms with van der Waals surface area (Å²) in [7, 11) is 0. The van der Waals surface area contributed by atoms with Crippen molar-refractivity contribution >= 4 is 6.29 Å². The molecule has 1 aliphatic rings. The number of hydrogen-bond acceptors (Lipinski definition) is 2. The summed E-state index contributed by atoms with van der Waals surface area (Å²) >= 11 is 0. The molecule has 2 rings (SSSR count). The summed E-state index contributed by atoms with van der Waals surface area (Å²) < 4.78 is 19.0. The van der Waals surface area contributed by atoms with Crippen molar-refractivity contribution in [3.8, 4) is 5.75 Å². The van der Waals surface area contributed by atoms with Crippen LogP contribution in [0.15, 0.2) is 18.2 Å². The number of ether oxygens (including phenoxy) is 1. The van der Waals surface area contributed by atoms with Gasteiger partial charge in [0.25, 0.3) is 0 Å². The largest absolute Gasteiger partial charge is 0.490 e. The van der Waals surface area contributed by atoms with Gasteiger partial charge in [0, 0.05) is 11.6 Å². The van der Waals surface area contributed by atoms with E-state index in [4.69, 9.17) is 4.74 Å². The van der Waals surface area contributed by atoms with Gasteiger partial charge in [-0.25, -0.2) is 4.39 Å². The van der Waals surface area contributed by atoms with Gasteiger partial charge in [-0.05, 0) is 37.8 Å². The Hall–Kier alpha value is -1.38. The smallest absolute Gasteiger partial charge is 0.150 e. The van der Waals surface area contributed by atoms with Crippen LogP contribution in [-0.4, -0.2) is 12.4 Å². The standard InChI is InChI=1S/C14H17FO2/c15-12-7-11(10-16)8-14(9-12)17-13-5-3-1-2-4-6-13/h7-10,13H,1-6H2. The number of benzene rings is 1. The molecule has 0 saturated heterocycles. The highest BCUT2D eigenvalue weighted by Crippen LogP contribution is 2.24. The Morgan fingerprint density at radius 1 is 1.12 bits per heavy atom. The minimum Gasteiger partial charge on any atom is -0.490 e. The molecule has 17 heavy (non-hydrogen) atoms. The molecule has 1 aliphatic carbocycles. The predicted molar refractivity (Wildman–Crippen MR) is 63.9 cm³/mol. The molecule has 2 nitrogen and oxygen atoms in total. The summed E-state index contributed by atoms with van der Waals surface area (Å²) in [6.07, 6.45) is 7.69. The third kappa shape index (κ3) is 3.55. The Balaban J connectivity index is 2.06. The van der Waals surface area contributed by atoms with Gasteiger partial charge >= 0.3 is 0 Å². The van der Waals surface area contributed by atoms with Gasteiger partial charge in [0.2, 0.25) is 0 Å². The van der Waals surface area contributed by atoms with Gasteiger partial charge in [0.05, 0.1) is 6.10 Å². The van der Waals surface area contributed by atoms with Crippen LogP contribution >= 0.6 is 0 Å². The number of carbonyl (C=O) groups is 1. The molecular weight excluding hydrogens is 219 g/mol. The third-order valence-corrected chi connectivity index (χ3v) is 3.13. The highest BCUT2D eigenvalue weighted by Gasteiger charge is 2.14. The van der Waals surface area contributed by atoms with Crippen LogP contribution in [0.3, 0.4) is 0 Å². The van der Waals surface area contributed by atoms with E-state index in [1.807, 2.05) is 0 Å². The Kier molecular flexibility index (Phi) is 4.13. The van der Waals surface area contributed by atoms with Crippen molar-refractivity contribution in [1.29, 1.82) is 0 Å². The van der Waals surface area contributed by atoms with Gasteiger partial charge in [-0.15, -0.1) is 0 Å². The van der Waals surface area contributed by atoms with Gasteiger partial charge in [0.15, 0.2) is 0 Å². The van der Waals surface area contributed by atoms with E-state index >= 15 is 0 Å². The van der Waals surface area contributed by atoms with Crippen LogP contribution in [0.2, 0.25) is 0 Å². The van der Waals surface area contributed by atoms with Crippen LogP contribution in [0, 0.1) is 5.82 Å². The second-order valence-corrected chi connectivity index (χ2v) is 4.57. The molecule has 0 aliphatic heterocycles. The molecule has 0 atom stereocenters. The van der Waals surface area contributed by atoms with E-state index in [1.165, 1.54) is 37.8 Å². The second-order valence-electron chi connectivity index (χ2n) is 4.57. The fourth-order valence-electron chi connectivity index (χ4n) is 2.27. The monoisotopic (exact) mass is 236 g/mol. The van der Waals surface area contributed by atoms with Gasteiger partial charge in [0.1, 0.15) is 17.9 Å². The summed E-state index contributed by atoms with van der Waals surface area (Å²) in [6, 6.07) is 4.16. The molecule has 3 heteroatoms. The lowest BCUT2D eigenvalue weighted by Crippen LogP contribution is -2.15. The molecule has 0 unspecified atom stereocenters. The average Bonchev–Trinajstić information content (AvgIpc) is 2.57. The molecule has 1 fully saturated rings. The number of aldehydes is 1. The zero-order valence-electron chi connectivity index (χ0n) is 9.82. The first-order valence-corrected chi connectivity index (χ1v) is 6.20. The summed E-state index contributed by atoms with van der Waals surface area (Å²) in [5, 5.41) is 0. The van der Waals surface area contributed by atoms with Crippen molar-refractivity contribution in [2.45, 2.75) is 44.6 Å². The normalized spacial score (nSPS) is 17.5. The van der Waals surface area contributed by atoms with Crippen molar-refractivity contribution in [2.75, 3.05) is 0 Å². The van der Waals surface area contributed by atoms with Gasteiger partial charge < -0.3 is 4.74 Å². The lowest BCUT2D eigenvalue weighted by atomic mass is 10.1. The average molecular weight is 236 g/mol. The van der Waals surface area contributed by atoms with Crippen molar-refractivity contribution in [3.05, 3.63) is 29.6 Å². The van der Waals surface area contributed by atoms with Crippen molar-refractivity contribution < 1.29 is 13.9 Å². The lowest BCUT2D eigenvalue weighted by Gasteiger charge is -2.17. The van der Waals surface area contributed by atoms with E-state index in [-0.39, 0.29) is 6.10 Å². The first-order chi connectivity index (χ1) is 8.28. The molecule has 1 aromatic rings. The topological polar surface area (TPSA) is 26.3 Å². The Morgan fingerprint density at radius 3 is 2.47 bits per heavy atom. The van der Waals surface area contributed by atoms with E-state index in [2.05, 4.69) is 0 Å². The fraction of sp³-hybridized carbons (Fsp3) is 0.500. The molecule has 0 spiro atoms. The molecule has 1 saturated carbocycles. The number of hydrogen-bond donors (Lipinski definition) is 0. The lowest BCUT2D eigenvalue weighted by molar-refractivity contribution is 0.112. The summed E-state index contributed by atoms with van der Waals surface area (Å²) in [6.45, 7) is 0. The summed E-state index contributed by atoms with van der Waals surface area (Å²) in [5.74, 6) is 0.0530. The van der Waals surface area contributed by atoms with Crippen LogP contribution in [-0.2, 0) is 0 Å². The van der Waals surface area contributed by atoms with Crippen LogP contribution in [0.5, 0.6) is 5.75 Å². The maximum Gasteiger partial charge on any atom is 0.150 e. The van der Waals surface area contributed by atoms with E-state index in [9.17, 15) is 9.18 Å².